The molecule has 158 valence electrons. The number of halogens is 2. The third kappa shape index (κ3) is 4.92. The van der Waals surface area contributed by atoms with Gasteiger partial charge in [0, 0.05) is 21.7 Å². The number of anilines is 1. The smallest absolute Gasteiger partial charge is 0.306 e. The molecule has 0 spiro atoms. The molecule has 4 rings (SSSR count). The van der Waals surface area contributed by atoms with Crippen LogP contribution in [0.25, 0.3) is 0 Å². The van der Waals surface area contributed by atoms with Crippen LogP contribution in [0.4, 0.5) is 10.5 Å². The summed E-state index contributed by atoms with van der Waals surface area (Å²) in [5, 5.41) is 10.4. The summed E-state index contributed by atoms with van der Waals surface area (Å²) in [6, 6.07) is 22.8. The van der Waals surface area contributed by atoms with Crippen LogP contribution in [-0.2, 0) is 0 Å². The maximum Gasteiger partial charge on any atom is 0.342 e. The van der Waals surface area contributed by atoms with Gasteiger partial charge in [0.1, 0.15) is 0 Å². The lowest BCUT2D eigenvalue weighted by atomic mass is 9.91. The fraction of sp³-hybridized carbons (Fsp3) is 0.200. The SMILES string of the molecule is CC(C)c1ccc(NC(=O)N2C[C@@H](c3ccc(Cl)cc3)C(c3ccc(Cl)cc3)=N2)cc1. The van der Waals surface area contributed by atoms with Crippen LogP contribution in [0.1, 0.15) is 42.4 Å². The first-order valence-electron chi connectivity index (χ1n) is 10.2. The minimum Gasteiger partial charge on any atom is -0.306 e. The predicted molar refractivity (Wildman–Crippen MR) is 128 cm³/mol. The van der Waals surface area contributed by atoms with Gasteiger partial charge in [-0.1, -0.05) is 73.4 Å². The van der Waals surface area contributed by atoms with Gasteiger partial charge in [0.15, 0.2) is 0 Å². The second-order valence-corrected chi connectivity index (χ2v) is 8.76. The second kappa shape index (κ2) is 9.13. The molecule has 1 aliphatic heterocycles. The van der Waals surface area contributed by atoms with Crippen LogP contribution < -0.4 is 5.32 Å². The molecule has 0 bridgehead atoms. The van der Waals surface area contributed by atoms with Crippen molar-refractivity contribution in [2.24, 2.45) is 5.10 Å². The molecule has 3 aromatic carbocycles. The molecule has 1 heterocycles. The van der Waals surface area contributed by atoms with Gasteiger partial charge in [-0.3, -0.25) is 0 Å². The van der Waals surface area contributed by atoms with Crippen molar-refractivity contribution in [1.82, 2.24) is 5.01 Å². The zero-order chi connectivity index (χ0) is 22.0. The quantitative estimate of drug-likeness (QED) is 0.449. The number of rotatable bonds is 4. The van der Waals surface area contributed by atoms with Crippen LogP contribution in [0.15, 0.2) is 77.9 Å². The van der Waals surface area contributed by atoms with Crippen LogP contribution >= 0.6 is 23.2 Å². The zero-order valence-corrected chi connectivity index (χ0v) is 18.9. The molecule has 4 nitrogen and oxygen atoms in total. The number of urea groups is 1. The number of hydrogen-bond acceptors (Lipinski definition) is 2. The first kappa shape index (κ1) is 21.4. The Balaban J connectivity index is 1.59. The van der Waals surface area contributed by atoms with E-state index in [0.717, 1.165) is 22.5 Å². The highest BCUT2D eigenvalue weighted by Crippen LogP contribution is 2.30. The lowest BCUT2D eigenvalue weighted by Crippen LogP contribution is -2.30. The molecule has 1 atom stereocenters. The zero-order valence-electron chi connectivity index (χ0n) is 17.3. The van der Waals surface area contributed by atoms with E-state index < -0.39 is 0 Å². The predicted octanol–water partition coefficient (Wildman–Crippen LogP) is 7.15. The summed E-state index contributed by atoms with van der Waals surface area (Å²) in [4.78, 5) is 13.0. The summed E-state index contributed by atoms with van der Waals surface area (Å²) in [6.07, 6.45) is 0. The van der Waals surface area contributed by atoms with E-state index in [9.17, 15) is 4.79 Å². The summed E-state index contributed by atoms with van der Waals surface area (Å²) in [7, 11) is 0. The molecule has 0 saturated heterocycles. The highest BCUT2D eigenvalue weighted by Gasteiger charge is 2.32. The molecule has 6 heteroatoms. The number of carbonyl (C=O) groups excluding carboxylic acids is 1. The highest BCUT2D eigenvalue weighted by atomic mass is 35.5. The number of carbonyl (C=O) groups is 1. The molecule has 0 radical (unpaired) electrons. The fourth-order valence-electron chi connectivity index (χ4n) is 3.61. The largest absolute Gasteiger partial charge is 0.342 e. The molecule has 31 heavy (non-hydrogen) atoms. The Morgan fingerprint density at radius 2 is 1.52 bits per heavy atom. The van der Waals surface area contributed by atoms with Gasteiger partial charge >= 0.3 is 6.03 Å². The van der Waals surface area contributed by atoms with Crippen LogP contribution in [0, 0.1) is 0 Å². The molecule has 2 amide bonds. The van der Waals surface area contributed by atoms with Crippen molar-refractivity contribution in [3.63, 3.8) is 0 Å². The lowest BCUT2D eigenvalue weighted by molar-refractivity contribution is 0.218. The Morgan fingerprint density at radius 3 is 2.10 bits per heavy atom. The van der Waals surface area contributed by atoms with Gasteiger partial charge in [0.2, 0.25) is 0 Å². The van der Waals surface area contributed by atoms with Crippen molar-refractivity contribution in [2.45, 2.75) is 25.7 Å². The summed E-state index contributed by atoms with van der Waals surface area (Å²) < 4.78 is 0. The average molecular weight is 452 g/mol. The molecule has 0 saturated carbocycles. The van der Waals surface area contributed by atoms with Crippen molar-refractivity contribution in [2.75, 3.05) is 11.9 Å². The van der Waals surface area contributed by atoms with Gasteiger partial charge < -0.3 is 5.32 Å². The topological polar surface area (TPSA) is 44.7 Å². The van der Waals surface area contributed by atoms with E-state index >= 15 is 0 Å². The van der Waals surface area contributed by atoms with E-state index in [0.29, 0.717) is 22.5 Å². The monoisotopic (exact) mass is 451 g/mol. The van der Waals surface area contributed by atoms with Crippen molar-refractivity contribution < 1.29 is 4.79 Å². The van der Waals surface area contributed by atoms with Crippen LogP contribution in [-0.4, -0.2) is 23.3 Å². The Hall–Kier alpha value is -2.82. The summed E-state index contributed by atoms with van der Waals surface area (Å²) >= 11 is 12.1. The lowest BCUT2D eigenvalue weighted by Gasteiger charge is -2.16. The fourth-order valence-corrected chi connectivity index (χ4v) is 3.86. The minimum atomic E-state index is -0.264. The number of amides is 2. The Bertz CT molecular complexity index is 1090. The van der Waals surface area contributed by atoms with Gasteiger partial charge in [0.05, 0.1) is 12.3 Å². The van der Waals surface area contributed by atoms with Crippen LogP contribution in [0.5, 0.6) is 0 Å². The number of hydrogen-bond donors (Lipinski definition) is 1. The van der Waals surface area contributed by atoms with Gasteiger partial charge in [-0.05, 0) is 59.0 Å². The standard InChI is InChI=1S/C25H23Cl2N3O/c1-16(2)17-7-13-22(14-8-17)28-25(31)30-15-23(18-3-9-20(26)10-4-18)24(29-30)19-5-11-21(27)12-6-19/h3-14,16,23H,15H2,1-2H3,(H,28,31)/t23-/m0/s1. The molecule has 0 aliphatic carbocycles. The van der Waals surface area contributed by atoms with E-state index in [1.807, 2.05) is 72.8 Å². The Labute approximate surface area is 192 Å². The average Bonchev–Trinajstić information content (AvgIpc) is 3.21. The number of benzene rings is 3. The first-order chi connectivity index (χ1) is 14.9. The number of nitrogens with zero attached hydrogens (tertiary/aromatic N) is 2. The molecular formula is C25H23Cl2N3O. The molecule has 1 N–H and O–H groups in total. The normalized spacial score (nSPS) is 15.8. The molecular weight excluding hydrogens is 429 g/mol. The van der Waals surface area contributed by atoms with E-state index in [4.69, 9.17) is 23.2 Å². The van der Waals surface area contributed by atoms with Crippen LogP contribution in [0.2, 0.25) is 10.0 Å². The van der Waals surface area contributed by atoms with Gasteiger partial charge in [-0.15, -0.1) is 0 Å². The van der Waals surface area contributed by atoms with Crippen molar-refractivity contribution >= 4 is 40.6 Å². The summed E-state index contributed by atoms with van der Waals surface area (Å²) in [6.45, 7) is 4.72. The maximum absolute atomic E-state index is 13.0. The maximum atomic E-state index is 13.0. The third-order valence-electron chi connectivity index (χ3n) is 5.39. The second-order valence-electron chi connectivity index (χ2n) is 7.89. The minimum absolute atomic E-state index is 0.0625. The van der Waals surface area contributed by atoms with E-state index in [2.05, 4.69) is 24.3 Å². The van der Waals surface area contributed by atoms with E-state index in [-0.39, 0.29) is 11.9 Å². The van der Waals surface area contributed by atoms with Crippen molar-refractivity contribution in [3.8, 4) is 0 Å². The van der Waals surface area contributed by atoms with Gasteiger partial charge in [-0.2, -0.15) is 5.10 Å². The molecule has 1 aliphatic rings. The Morgan fingerprint density at radius 1 is 0.935 bits per heavy atom. The van der Waals surface area contributed by atoms with Crippen molar-refractivity contribution in [1.29, 1.82) is 0 Å². The number of nitrogens with one attached hydrogen (secondary N) is 1. The molecule has 3 aromatic rings. The third-order valence-corrected chi connectivity index (χ3v) is 5.89. The molecule has 0 unspecified atom stereocenters. The summed E-state index contributed by atoms with van der Waals surface area (Å²) in [5.41, 5.74) is 4.78. The van der Waals surface area contributed by atoms with Gasteiger partial charge in [-0.25, -0.2) is 9.80 Å². The molecule has 0 fully saturated rings. The van der Waals surface area contributed by atoms with Gasteiger partial charge in [0.25, 0.3) is 0 Å². The highest BCUT2D eigenvalue weighted by molar-refractivity contribution is 6.31. The first-order valence-corrected chi connectivity index (χ1v) is 10.9. The van der Waals surface area contributed by atoms with E-state index in [1.54, 1.807) is 0 Å². The van der Waals surface area contributed by atoms with Crippen molar-refractivity contribution in [3.05, 3.63) is 99.5 Å². The summed E-state index contributed by atoms with van der Waals surface area (Å²) in [5.74, 6) is 0.377. The Kier molecular flexibility index (Phi) is 6.30. The number of hydrazone groups is 1. The van der Waals surface area contributed by atoms with Crippen LogP contribution in [0.3, 0.4) is 0 Å². The van der Waals surface area contributed by atoms with E-state index in [1.165, 1.54) is 10.6 Å². The molecule has 0 aromatic heterocycles.